The minimum absolute atomic E-state index is 0.0883. The van der Waals surface area contributed by atoms with Gasteiger partial charge in [0.05, 0.1) is 5.70 Å². The summed E-state index contributed by atoms with van der Waals surface area (Å²) in [6, 6.07) is 10.3. The molecule has 0 aliphatic carbocycles. The molecule has 0 radical (unpaired) electrons. The van der Waals surface area contributed by atoms with Crippen molar-refractivity contribution >= 4 is 34.2 Å². The summed E-state index contributed by atoms with van der Waals surface area (Å²) in [6.07, 6.45) is 9.52. The van der Waals surface area contributed by atoms with Crippen molar-refractivity contribution in [2.45, 2.75) is 37.3 Å². The van der Waals surface area contributed by atoms with E-state index < -0.39 is 9.84 Å². The third-order valence-electron chi connectivity index (χ3n) is 6.82. The van der Waals surface area contributed by atoms with E-state index >= 15 is 0 Å². The largest absolute Gasteiger partial charge is 0.322 e. The fraction of sp³-hybridized carbons (Fsp3) is 0.281. The molecule has 2 aromatic carbocycles. The molecule has 2 aromatic rings. The van der Waals surface area contributed by atoms with E-state index in [0.717, 1.165) is 59.2 Å². The van der Waals surface area contributed by atoms with Crippen LogP contribution in [0.2, 0.25) is 0 Å². The summed E-state index contributed by atoms with van der Waals surface area (Å²) in [5.41, 5.74) is 4.38. The molecule has 8 heteroatoms. The van der Waals surface area contributed by atoms with Crippen molar-refractivity contribution in [2.75, 3.05) is 25.0 Å². The van der Waals surface area contributed by atoms with Crippen molar-refractivity contribution in [3.05, 3.63) is 113 Å². The van der Waals surface area contributed by atoms with Crippen LogP contribution in [0.15, 0.2) is 84.9 Å². The average molecular weight is 655 g/mol. The fourth-order valence-corrected chi connectivity index (χ4v) is 5.17. The Hall–Kier alpha value is -3.26. The van der Waals surface area contributed by atoms with Crippen molar-refractivity contribution in [3.63, 3.8) is 0 Å². The van der Waals surface area contributed by atoms with Gasteiger partial charge in [-0.3, -0.25) is 9.69 Å². The van der Waals surface area contributed by atoms with Gasteiger partial charge in [-0.15, -0.1) is 0 Å². The van der Waals surface area contributed by atoms with Crippen molar-refractivity contribution < 1.29 is 13.6 Å². The maximum absolute atomic E-state index is 14.6. The SMILES string of the molecule is C=C1C=CC=CN1/C(C#Cc1cc(C(=O)Nc2ccc(CN3CCNC(C)C3)c(C(F)(F)I)c2)ccc1C)=C\C. The second kappa shape index (κ2) is 12.9. The molecule has 1 fully saturated rings. The highest BCUT2D eigenvalue weighted by Crippen LogP contribution is 2.39. The van der Waals surface area contributed by atoms with Crippen molar-refractivity contribution in [1.82, 2.24) is 15.1 Å². The van der Waals surface area contributed by atoms with Gasteiger partial charge >= 0.3 is 3.93 Å². The van der Waals surface area contributed by atoms with Gasteiger partial charge in [-0.1, -0.05) is 36.8 Å². The number of halogens is 3. The molecule has 208 valence electrons. The summed E-state index contributed by atoms with van der Waals surface area (Å²) in [7, 11) is 0. The van der Waals surface area contributed by atoms with Crippen LogP contribution >= 0.6 is 22.6 Å². The van der Waals surface area contributed by atoms with Crippen LogP contribution < -0.4 is 10.6 Å². The molecular formula is C32H33F2IN4O. The Bertz CT molecular complexity index is 1450. The molecule has 1 saturated heterocycles. The van der Waals surface area contributed by atoms with Crippen LogP contribution in [-0.4, -0.2) is 41.4 Å². The van der Waals surface area contributed by atoms with Crippen molar-refractivity contribution in [1.29, 1.82) is 0 Å². The van der Waals surface area contributed by atoms with Gasteiger partial charge in [-0.05, 0) is 74.2 Å². The number of hydrogen-bond acceptors (Lipinski definition) is 4. The molecule has 5 nitrogen and oxygen atoms in total. The molecular weight excluding hydrogens is 621 g/mol. The highest BCUT2D eigenvalue weighted by atomic mass is 127. The Morgan fingerprint density at radius 3 is 2.77 bits per heavy atom. The number of rotatable bonds is 6. The van der Waals surface area contributed by atoms with Crippen molar-refractivity contribution in [3.8, 4) is 11.8 Å². The summed E-state index contributed by atoms with van der Waals surface area (Å²) in [5.74, 6) is 5.96. The highest BCUT2D eigenvalue weighted by molar-refractivity contribution is 14.1. The van der Waals surface area contributed by atoms with Gasteiger partial charge in [0.2, 0.25) is 0 Å². The van der Waals surface area contributed by atoms with Crippen LogP contribution in [0.25, 0.3) is 0 Å². The minimum Gasteiger partial charge on any atom is -0.322 e. The van der Waals surface area contributed by atoms with Gasteiger partial charge < -0.3 is 15.5 Å². The molecule has 2 aliphatic heterocycles. The summed E-state index contributed by atoms with van der Waals surface area (Å²) < 4.78 is 26.2. The molecule has 0 spiro atoms. The predicted molar refractivity (Wildman–Crippen MR) is 166 cm³/mol. The molecule has 0 bridgehead atoms. The van der Waals surface area contributed by atoms with Crippen LogP contribution in [0.4, 0.5) is 14.5 Å². The third-order valence-corrected chi connectivity index (χ3v) is 7.40. The Balaban J connectivity index is 1.53. The molecule has 40 heavy (non-hydrogen) atoms. The molecule has 2 N–H and O–H groups in total. The molecule has 1 amide bonds. The smallest absolute Gasteiger partial charge is 0.322 e. The zero-order chi connectivity index (χ0) is 28.9. The first-order valence-electron chi connectivity index (χ1n) is 13.1. The number of hydrogen-bond donors (Lipinski definition) is 2. The monoisotopic (exact) mass is 654 g/mol. The van der Waals surface area contributed by atoms with E-state index in [-0.39, 0.29) is 5.56 Å². The first kappa shape index (κ1) is 29.7. The van der Waals surface area contributed by atoms with Gasteiger partial charge in [-0.2, -0.15) is 8.78 Å². The molecule has 0 saturated carbocycles. The van der Waals surface area contributed by atoms with Crippen LogP contribution in [0.1, 0.15) is 46.5 Å². The lowest BCUT2D eigenvalue weighted by Gasteiger charge is -2.32. The maximum atomic E-state index is 14.6. The standard InChI is InChI=1S/C32H33F2IN4O/c1-5-29(39-16-7-6-8-24(39)4)14-12-25-18-26(10-9-22(25)2)31(40)37-28-13-11-27(30(19-28)32(33,34)35)21-38-17-15-36-23(3)20-38/h5-11,13,16,18-19,23,36H,4,15,17,20-21H2,1-3H3,(H,37,40)/b29-5-. The van der Waals surface area contributed by atoms with Crippen LogP contribution in [0.3, 0.4) is 0 Å². The number of aryl methyl sites for hydroxylation is 1. The van der Waals surface area contributed by atoms with Gasteiger partial charge in [0.1, 0.15) is 0 Å². The lowest BCUT2D eigenvalue weighted by molar-refractivity contribution is 0.102. The van der Waals surface area contributed by atoms with Gasteiger partial charge in [0.15, 0.2) is 0 Å². The average Bonchev–Trinajstić information content (AvgIpc) is 2.91. The molecule has 0 aromatic heterocycles. The maximum Gasteiger partial charge on any atom is 0.322 e. The fourth-order valence-electron chi connectivity index (χ4n) is 4.67. The van der Waals surface area contributed by atoms with E-state index in [4.69, 9.17) is 0 Å². The number of carbonyl (C=O) groups excluding carboxylic acids is 1. The van der Waals surface area contributed by atoms with Gasteiger partial charge in [0.25, 0.3) is 5.91 Å². The number of allylic oxidation sites excluding steroid dienone is 5. The molecule has 2 aliphatic rings. The Labute approximate surface area is 248 Å². The van der Waals surface area contributed by atoms with E-state index in [2.05, 4.69) is 40.9 Å². The zero-order valence-electron chi connectivity index (χ0n) is 22.9. The Kier molecular flexibility index (Phi) is 9.61. The number of nitrogens with one attached hydrogen (secondary N) is 2. The van der Waals surface area contributed by atoms with Crippen molar-refractivity contribution in [2.24, 2.45) is 0 Å². The Morgan fingerprint density at radius 1 is 1.27 bits per heavy atom. The quantitative estimate of drug-likeness (QED) is 0.208. The summed E-state index contributed by atoms with van der Waals surface area (Å²) in [6.45, 7) is 12.8. The first-order valence-corrected chi connectivity index (χ1v) is 14.2. The second-order valence-electron chi connectivity index (χ2n) is 9.93. The number of piperazine rings is 1. The molecule has 4 rings (SSSR count). The summed E-state index contributed by atoms with van der Waals surface area (Å²) >= 11 is 1.16. The minimum atomic E-state index is -3.07. The van der Waals surface area contributed by atoms with E-state index in [9.17, 15) is 13.6 Å². The second-order valence-corrected chi connectivity index (χ2v) is 11.3. The molecule has 2 heterocycles. The van der Waals surface area contributed by atoms with Gasteiger partial charge in [0, 0.05) is 89.1 Å². The van der Waals surface area contributed by atoms with Crippen LogP contribution in [0, 0.1) is 18.8 Å². The van der Waals surface area contributed by atoms with E-state index in [1.807, 2.05) is 55.3 Å². The number of anilines is 1. The van der Waals surface area contributed by atoms with E-state index in [1.165, 1.54) is 6.07 Å². The number of carbonyl (C=O) groups is 1. The van der Waals surface area contributed by atoms with Gasteiger partial charge in [-0.25, -0.2) is 0 Å². The topological polar surface area (TPSA) is 47.6 Å². The van der Waals surface area contributed by atoms with Crippen LogP contribution in [0.5, 0.6) is 0 Å². The number of nitrogens with zero attached hydrogens (tertiary/aromatic N) is 2. The normalized spacial score (nSPS) is 17.9. The number of alkyl halides is 3. The highest BCUT2D eigenvalue weighted by Gasteiger charge is 2.31. The number of amides is 1. The van der Waals surface area contributed by atoms with E-state index in [0.29, 0.717) is 35.0 Å². The lowest BCUT2D eigenvalue weighted by Crippen LogP contribution is -2.48. The first-order chi connectivity index (χ1) is 19.0. The van der Waals surface area contributed by atoms with Crippen LogP contribution in [-0.2, 0) is 10.5 Å². The molecule has 1 atom stereocenters. The third kappa shape index (κ3) is 7.47. The Morgan fingerprint density at radius 2 is 2.08 bits per heavy atom. The molecule has 1 unspecified atom stereocenters. The zero-order valence-corrected chi connectivity index (χ0v) is 25.1. The predicted octanol–water partition coefficient (Wildman–Crippen LogP) is 6.68. The van der Waals surface area contributed by atoms with E-state index in [1.54, 1.807) is 24.3 Å². The lowest BCUT2D eigenvalue weighted by atomic mass is 10.0. The number of benzene rings is 2. The summed E-state index contributed by atoms with van der Waals surface area (Å²) in [5, 5.41) is 6.16. The summed E-state index contributed by atoms with van der Waals surface area (Å²) in [4.78, 5) is 17.2.